The Morgan fingerprint density at radius 1 is 0.440 bits per heavy atom. The molecule has 0 aliphatic carbocycles. The van der Waals surface area contributed by atoms with Gasteiger partial charge in [-0.2, -0.15) is 0 Å². The molecule has 4 nitrogen and oxygen atoms in total. The van der Waals surface area contributed by atoms with Crippen LogP contribution in [-0.4, -0.2) is 14.8 Å². The summed E-state index contributed by atoms with van der Waals surface area (Å²) in [7, 11) is 0. The van der Waals surface area contributed by atoms with Crippen LogP contribution in [0.15, 0.2) is 180 Å². The number of para-hydroxylation sites is 1. The Hall–Kier alpha value is -6.78. The lowest BCUT2D eigenvalue weighted by molar-refractivity contribution is 0.669. The minimum absolute atomic E-state index is 0.660. The molecule has 8 aromatic carbocycles. The fourth-order valence-electron chi connectivity index (χ4n) is 7.15. The second kappa shape index (κ2) is 11.4. The average molecular weight is 640 g/mol. The fourth-order valence-corrected chi connectivity index (χ4v) is 7.15. The van der Waals surface area contributed by atoms with Crippen molar-refractivity contribution in [2.75, 3.05) is 0 Å². The lowest BCUT2D eigenvalue weighted by atomic mass is 10.0. The van der Waals surface area contributed by atoms with Gasteiger partial charge in [0.25, 0.3) is 0 Å². The quantitative estimate of drug-likeness (QED) is 0.188. The monoisotopic (exact) mass is 639 g/mol. The van der Waals surface area contributed by atoms with Gasteiger partial charge < -0.3 is 4.42 Å². The van der Waals surface area contributed by atoms with E-state index in [0.717, 1.165) is 66.7 Å². The van der Waals surface area contributed by atoms with Crippen molar-refractivity contribution in [3.05, 3.63) is 176 Å². The molecule has 0 aliphatic heterocycles. The normalized spacial score (nSPS) is 11.6. The van der Waals surface area contributed by atoms with Crippen molar-refractivity contribution < 1.29 is 4.42 Å². The van der Waals surface area contributed by atoms with Crippen molar-refractivity contribution >= 4 is 43.5 Å². The molecule has 0 amide bonds. The summed E-state index contributed by atoms with van der Waals surface area (Å²) in [6, 6.07) is 61.5. The zero-order valence-electron chi connectivity index (χ0n) is 27.0. The highest BCUT2D eigenvalue weighted by Gasteiger charge is 2.21. The lowest BCUT2D eigenvalue weighted by Gasteiger charge is -2.09. The predicted molar refractivity (Wildman–Crippen MR) is 205 cm³/mol. The zero-order valence-corrected chi connectivity index (χ0v) is 27.0. The Balaban J connectivity index is 1.15. The van der Waals surface area contributed by atoms with Gasteiger partial charge in [-0.15, -0.1) is 5.10 Å². The van der Waals surface area contributed by atoms with E-state index < -0.39 is 0 Å². The highest BCUT2D eigenvalue weighted by atomic mass is 16.3. The first-order valence-corrected chi connectivity index (χ1v) is 16.8. The molecule has 0 aliphatic rings. The van der Waals surface area contributed by atoms with E-state index in [4.69, 9.17) is 14.5 Å². The average Bonchev–Trinajstić information content (AvgIpc) is 3.81. The number of furan rings is 1. The predicted octanol–water partition coefficient (Wildman–Crippen LogP) is 12.1. The van der Waals surface area contributed by atoms with Crippen LogP contribution >= 0.6 is 0 Å². The number of rotatable bonds is 5. The molecule has 234 valence electrons. The first kappa shape index (κ1) is 28.3. The van der Waals surface area contributed by atoms with Crippen LogP contribution in [0.2, 0.25) is 0 Å². The molecule has 10 rings (SSSR count). The maximum Gasteiger partial charge on any atom is 0.182 e. The first-order valence-electron chi connectivity index (χ1n) is 16.8. The summed E-state index contributed by atoms with van der Waals surface area (Å²) in [5.41, 5.74) is 9.03. The molecule has 0 fully saturated rings. The number of hydrogen-bond donors (Lipinski definition) is 0. The van der Waals surface area contributed by atoms with E-state index in [1.165, 1.54) is 21.7 Å². The summed E-state index contributed by atoms with van der Waals surface area (Å²) in [6.45, 7) is 0. The summed E-state index contributed by atoms with van der Waals surface area (Å²) in [6.07, 6.45) is 0. The van der Waals surface area contributed by atoms with Gasteiger partial charge in [0, 0.05) is 22.1 Å². The fraction of sp³-hybridized carbons (Fsp3) is 0. The van der Waals surface area contributed by atoms with Crippen LogP contribution < -0.4 is 0 Å². The van der Waals surface area contributed by atoms with E-state index in [2.05, 4.69) is 158 Å². The van der Waals surface area contributed by atoms with Crippen molar-refractivity contribution in [1.29, 1.82) is 0 Å². The molecule has 0 radical (unpaired) electrons. The number of fused-ring (bicyclic) bond motifs is 5. The standard InChI is InChI=1S/C46H29N3O/c1-2-12-33(13-3-1)39-16-8-17-40-43-41(18-9-19-42(43)50-44(39)40)49-46(38-27-23-31-11-5-7-15-36(31)29-38)47-45(48-49)34-24-20-32(21-25-34)37-26-22-30-10-4-6-14-35(30)28-37/h1-29H. The van der Waals surface area contributed by atoms with Gasteiger partial charge in [0.2, 0.25) is 0 Å². The molecule has 2 heterocycles. The van der Waals surface area contributed by atoms with Gasteiger partial charge in [-0.3, -0.25) is 0 Å². The Bertz CT molecular complexity index is 2860. The molecule has 0 N–H and O–H groups in total. The largest absolute Gasteiger partial charge is 0.455 e. The topological polar surface area (TPSA) is 43.9 Å². The second-order valence-corrected chi connectivity index (χ2v) is 12.7. The van der Waals surface area contributed by atoms with Gasteiger partial charge in [0.05, 0.1) is 11.1 Å². The molecular formula is C46H29N3O. The zero-order chi connectivity index (χ0) is 33.0. The van der Waals surface area contributed by atoms with E-state index >= 15 is 0 Å². The summed E-state index contributed by atoms with van der Waals surface area (Å²) in [4.78, 5) is 5.23. The van der Waals surface area contributed by atoms with Gasteiger partial charge in [-0.05, 0) is 62.5 Å². The van der Waals surface area contributed by atoms with Gasteiger partial charge >= 0.3 is 0 Å². The number of hydrogen-bond acceptors (Lipinski definition) is 3. The van der Waals surface area contributed by atoms with Crippen molar-refractivity contribution in [2.45, 2.75) is 0 Å². The molecule has 0 spiro atoms. The van der Waals surface area contributed by atoms with Crippen LogP contribution in [0.5, 0.6) is 0 Å². The summed E-state index contributed by atoms with van der Waals surface area (Å²) >= 11 is 0. The molecule has 10 aromatic rings. The van der Waals surface area contributed by atoms with Crippen LogP contribution in [0.4, 0.5) is 0 Å². The highest BCUT2D eigenvalue weighted by molar-refractivity contribution is 6.13. The molecule has 0 bridgehead atoms. The van der Waals surface area contributed by atoms with Gasteiger partial charge in [0.15, 0.2) is 11.6 Å². The van der Waals surface area contributed by atoms with E-state index in [9.17, 15) is 0 Å². The van der Waals surface area contributed by atoms with Crippen LogP contribution in [-0.2, 0) is 0 Å². The lowest BCUT2D eigenvalue weighted by Crippen LogP contribution is -2.00. The molecular weight excluding hydrogens is 611 g/mol. The second-order valence-electron chi connectivity index (χ2n) is 12.7. The maximum absolute atomic E-state index is 6.62. The van der Waals surface area contributed by atoms with Crippen LogP contribution in [0.3, 0.4) is 0 Å². The van der Waals surface area contributed by atoms with Crippen LogP contribution in [0.25, 0.3) is 94.2 Å². The van der Waals surface area contributed by atoms with Gasteiger partial charge in [-0.25, -0.2) is 9.67 Å². The summed E-state index contributed by atoms with van der Waals surface area (Å²) in [5.74, 6) is 1.43. The van der Waals surface area contributed by atoms with Crippen molar-refractivity contribution in [2.24, 2.45) is 0 Å². The van der Waals surface area contributed by atoms with Gasteiger partial charge in [0.1, 0.15) is 11.2 Å². The van der Waals surface area contributed by atoms with Crippen LogP contribution in [0.1, 0.15) is 0 Å². The van der Waals surface area contributed by atoms with Gasteiger partial charge in [-0.1, -0.05) is 152 Å². The van der Waals surface area contributed by atoms with E-state index in [1.807, 2.05) is 22.9 Å². The van der Waals surface area contributed by atoms with Crippen molar-refractivity contribution in [3.63, 3.8) is 0 Å². The van der Waals surface area contributed by atoms with E-state index in [0.29, 0.717) is 5.82 Å². The number of aromatic nitrogens is 3. The minimum atomic E-state index is 0.660. The SMILES string of the molecule is c1ccc(-c2cccc3c2oc2cccc(-n4nc(-c5ccc(-c6ccc7ccccc7c6)cc5)nc4-c4ccc5ccccc5c4)c23)cc1. The highest BCUT2D eigenvalue weighted by Crippen LogP contribution is 2.40. The molecule has 0 saturated carbocycles. The molecule has 50 heavy (non-hydrogen) atoms. The molecule has 0 atom stereocenters. The molecule has 4 heteroatoms. The maximum atomic E-state index is 6.62. The summed E-state index contributed by atoms with van der Waals surface area (Å²) in [5, 5.41) is 12.1. The third-order valence-electron chi connectivity index (χ3n) is 9.65. The minimum Gasteiger partial charge on any atom is -0.455 e. The third kappa shape index (κ3) is 4.69. The first-order chi connectivity index (χ1) is 24.8. The number of benzene rings is 8. The number of nitrogens with zero attached hydrogens (tertiary/aromatic N) is 3. The Labute approximate surface area is 288 Å². The summed E-state index contributed by atoms with van der Waals surface area (Å²) < 4.78 is 8.60. The van der Waals surface area contributed by atoms with Crippen LogP contribution in [0, 0.1) is 0 Å². The van der Waals surface area contributed by atoms with E-state index in [1.54, 1.807) is 0 Å². The molecule has 0 unspecified atom stereocenters. The molecule has 0 saturated heterocycles. The smallest absolute Gasteiger partial charge is 0.182 e. The third-order valence-corrected chi connectivity index (χ3v) is 9.65. The Morgan fingerprint density at radius 2 is 1.06 bits per heavy atom. The molecule has 2 aromatic heterocycles. The van der Waals surface area contributed by atoms with Crippen molar-refractivity contribution in [1.82, 2.24) is 14.8 Å². The Morgan fingerprint density at radius 3 is 1.82 bits per heavy atom. The van der Waals surface area contributed by atoms with Crippen molar-refractivity contribution in [3.8, 4) is 50.7 Å². The van der Waals surface area contributed by atoms with E-state index in [-0.39, 0.29) is 0 Å². The Kier molecular flexibility index (Phi) is 6.46.